The third kappa shape index (κ3) is 4.84. The Morgan fingerprint density at radius 1 is 0.893 bits per heavy atom. The molecule has 1 aliphatic heterocycles. The van der Waals surface area contributed by atoms with Crippen LogP contribution in [0.4, 0.5) is 0 Å². The third-order valence-corrected chi connectivity index (χ3v) is 4.87. The maximum Gasteiger partial charge on any atom is 0.261 e. The van der Waals surface area contributed by atoms with Crippen molar-refractivity contribution in [1.82, 2.24) is 9.80 Å². The van der Waals surface area contributed by atoms with Crippen LogP contribution in [-0.2, 0) is 6.54 Å². The van der Waals surface area contributed by atoms with Crippen molar-refractivity contribution >= 4 is 11.8 Å². The molecule has 0 saturated heterocycles. The average molecular weight is 382 g/mol. The molecule has 28 heavy (non-hydrogen) atoms. The number of hydrogen-bond acceptors (Lipinski definition) is 5. The molecule has 2 aromatic carbocycles. The van der Waals surface area contributed by atoms with Crippen LogP contribution in [0.3, 0.4) is 0 Å². The molecule has 2 N–H and O–H groups in total. The van der Waals surface area contributed by atoms with Gasteiger partial charge in [0.2, 0.25) is 0 Å². The zero-order valence-corrected chi connectivity index (χ0v) is 15.8. The highest BCUT2D eigenvalue weighted by Gasteiger charge is 2.36. The lowest BCUT2D eigenvalue weighted by Crippen LogP contribution is -2.42. The van der Waals surface area contributed by atoms with Gasteiger partial charge >= 0.3 is 0 Å². The summed E-state index contributed by atoms with van der Waals surface area (Å²) in [4.78, 5) is 28.2. The van der Waals surface area contributed by atoms with Gasteiger partial charge in [-0.3, -0.25) is 19.4 Å². The van der Waals surface area contributed by atoms with Gasteiger partial charge in [0.05, 0.1) is 23.8 Å². The van der Waals surface area contributed by atoms with Crippen molar-refractivity contribution in [2.45, 2.75) is 25.5 Å². The van der Waals surface area contributed by atoms with Crippen molar-refractivity contribution < 1.29 is 19.8 Å². The molecule has 0 radical (unpaired) electrons. The molecule has 2 aromatic rings. The van der Waals surface area contributed by atoms with E-state index in [0.29, 0.717) is 37.2 Å². The third-order valence-electron chi connectivity index (χ3n) is 4.87. The predicted molar refractivity (Wildman–Crippen MR) is 106 cm³/mol. The minimum Gasteiger partial charge on any atom is -0.396 e. The number of carbonyl (C=O) groups is 2. The summed E-state index contributed by atoms with van der Waals surface area (Å²) in [5.74, 6) is -0.705. The number of aliphatic hydroxyl groups is 2. The summed E-state index contributed by atoms with van der Waals surface area (Å²) in [6.07, 6.45) is 0.656. The molecule has 2 amide bonds. The lowest BCUT2D eigenvalue weighted by atomic mass is 10.1. The van der Waals surface area contributed by atoms with E-state index in [0.717, 1.165) is 16.9 Å². The number of carbonyl (C=O) groups excluding carboxylic acids is 2. The van der Waals surface area contributed by atoms with Gasteiger partial charge in [-0.15, -0.1) is 0 Å². The number of aliphatic hydroxyl groups excluding tert-OH is 2. The molecule has 0 bridgehead atoms. The molecular weight excluding hydrogens is 356 g/mol. The van der Waals surface area contributed by atoms with Crippen molar-refractivity contribution in [2.24, 2.45) is 0 Å². The summed E-state index contributed by atoms with van der Waals surface area (Å²) < 4.78 is 0. The zero-order chi connectivity index (χ0) is 19.9. The van der Waals surface area contributed by atoms with Gasteiger partial charge < -0.3 is 10.2 Å². The fourth-order valence-corrected chi connectivity index (χ4v) is 3.50. The number of hydrogen-bond donors (Lipinski definition) is 2. The molecule has 6 nitrogen and oxygen atoms in total. The van der Waals surface area contributed by atoms with Crippen LogP contribution in [0.15, 0.2) is 54.6 Å². The van der Waals surface area contributed by atoms with Crippen LogP contribution in [0.2, 0.25) is 0 Å². The smallest absolute Gasteiger partial charge is 0.261 e. The van der Waals surface area contributed by atoms with E-state index in [1.54, 1.807) is 24.3 Å². The lowest BCUT2D eigenvalue weighted by Gasteiger charge is -2.27. The molecule has 148 valence electrons. The highest BCUT2D eigenvalue weighted by Crippen LogP contribution is 2.22. The van der Waals surface area contributed by atoms with Gasteiger partial charge in [0.1, 0.15) is 0 Å². The minimum atomic E-state index is -0.847. The number of amides is 2. The van der Waals surface area contributed by atoms with E-state index in [1.807, 2.05) is 30.3 Å². The second kappa shape index (κ2) is 9.59. The Bertz CT molecular complexity index is 774. The lowest BCUT2D eigenvalue weighted by molar-refractivity contribution is 0.0463. The van der Waals surface area contributed by atoms with Gasteiger partial charge in [0, 0.05) is 19.7 Å². The summed E-state index contributed by atoms with van der Waals surface area (Å²) in [5.41, 5.74) is 1.91. The molecule has 0 aliphatic carbocycles. The number of imide groups is 1. The summed E-state index contributed by atoms with van der Waals surface area (Å²) in [6.45, 7) is 1.82. The van der Waals surface area contributed by atoms with Crippen molar-refractivity contribution in [2.75, 3.05) is 26.2 Å². The summed E-state index contributed by atoms with van der Waals surface area (Å²) in [5, 5.41) is 19.6. The number of benzene rings is 2. The highest BCUT2D eigenvalue weighted by molar-refractivity contribution is 6.21. The fraction of sp³-hybridized carbons (Fsp3) is 0.364. The average Bonchev–Trinajstić information content (AvgIpc) is 2.94. The van der Waals surface area contributed by atoms with E-state index < -0.39 is 6.10 Å². The van der Waals surface area contributed by atoms with Crippen LogP contribution in [0, 0.1) is 0 Å². The molecule has 0 aromatic heterocycles. The minimum absolute atomic E-state index is 0.0301. The summed E-state index contributed by atoms with van der Waals surface area (Å²) >= 11 is 0. The Balaban J connectivity index is 1.62. The van der Waals surface area contributed by atoms with Crippen molar-refractivity contribution in [3.8, 4) is 0 Å². The topological polar surface area (TPSA) is 81.1 Å². The molecule has 0 fully saturated rings. The largest absolute Gasteiger partial charge is 0.396 e. The van der Waals surface area contributed by atoms with Gasteiger partial charge in [0.25, 0.3) is 11.8 Å². The maximum atomic E-state index is 12.5. The second-order valence-electron chi connectivity index (χ2n) is 7.07. The monoisotopic (exact) mass is 382 g/mol. The van der Waals surface area contributed by atoms with Crippen LogP contribution in [0.25, 0.3) is 0 Å². The zero-order valence-electron chi connectivity index (χ0n) is 15.8. The first-order valence-electron chi connectivity index (χ1n) is 9.60. The fourth-order valence-electron chi connectivity index (χ4n) is 3.50. The first kappa shape index (κ1) is 20.2. The first-order chi connectivity index (χ1) is 13.6. The van der Waals surface area contributed by atoms with Crippen LogP contribution in [-0.4, -0.2) is 64.2 Å². The van der Waals surface area contributed by atoms with Crippen molar-refractivity contribution in [3.05, 3.63) is 71.3 Å². The van der Waals surface area contributed by atoms with Crippen LogP contribution >= 0.6 is 0 Å². The Hall–Kier alpha value is -2.54. The molecule has 6 heteroatoms. The molecule has 0 saturated carbocycles. The molecular formula is C22H26N2O4. The van der Waals surface area contributed by atoms with Gasteiger partial charge in [-0.05, 0) is 37.1 Å². The SMILES string of the molecule is O=C1c2ccccc2C(=O)N1CC(O)CN(CCCCO)Cc1ccccc1. The Morgan fingerprint density at radius 2 is 1.50 bits per heavy atom. The highest BCUT2D eigenvalue weighted by atomic mass is 16.3. The number of nitrogens with zero attached hydrogens (tertiary/aromatic N) is 2. The molecule has 0 spiro atoms. The maximum absolute atomic E-state index is 12.5. The van der Waals surface area contributed by atoms with E-state index in [9.17, 15) is 14.7 Å². The number of unbranched alkanes of at least 4 members (excludes halogenated alkanes) is 1. The van der Waals surface area contributed by atoms with Gasteiger partial charge in [-0.25, -0.2) is 0 Å². The molecule has 1 atom stereocenters. The van der Waals surface area contributed by atoms with Gasteiger partial charge in [-0.2, -0.15) is 0 Å². The standard InChI is InChI=1S/C22H26N2O4/c25-13-7-6-12-23(14-17-8-2-1-3-9-17)15-18(26)16-24-21(27)19-10-4-5-11-20(19)22(24)28/h1-5,8-11,18,25-26H,6-7,12-16H2. The van der Waals surface area contributed by atoms with E-state index in [-0.39, 0.29) is 25.0 Å². The Labute approximate surface area is 165 Å². The molecule has 1 aliphatic rings. The summed E-state index contributed by atoms with van der Waals surface area (Å²) in [6, 6.07) is 16.7. The second-order valence-corrected chi connectivity index (χ2v) is 7.07. The molecule has 1 heterocycles. The van der Waals surface area contributed by atoms with E-state index in [4.69, 9.17) is 5.11 Å². The Kier molecular flexibility index (Phi) is 6.92. The number of fused-ring (bicyclic) bond motifs is 1. The van der Waals surface area contributed by atoms with Crippen molar-refractivity contribution in [1.29, 1.82) is 0 Å². The van der Waals surface area contributed by atoms with Crippen molar-refractivity contribution in [3.63, 3.8) is 0 Å². The van der Waals surface area contributed by atoms with Gasteiger partial charge in [-0.1, -0.05) is 42.5 Å². The summed E-state index contributed by atoms with van der Waals surface area (Å²) in [7, 11) is 0. The Morgan fingerprint density at radius 3 is 2.11 bits per heavy atom. The van der Waals surface area contributed by atoms with Crippen LogP contribution in [0.1, 0.15) is 39.1 Å². The van der Waals surface area contributed by atoms with Gasteiger partial charge in [0.15, 0.2) is 0 Å². The van der Waals surface area contributed by atoms with E-state index in [2.05, 4.69) is 4.90 Å². The number of β-amino-alcohol motifs (C(OH)–C–C–N with tert-alkyl or cyclic N) is 1. The van der Waals surface area contributed by atoms with Crippen LogP contribution < -0.4 is 0 Å². The quantitative estimate of drug-likeness (QED) is 0.485. The predicted octanol–water partition coefficient (Wildman–Crippen LogP) is 1.92. The normalized spacial score (nSPS) is 14.6. The van der Waals surface area contributed by atoms with Crippen LogP contribution in [0.5, 0.6) is 0 Å². The molecule has 3 rings (SSSR count). The first-order valence-corrected chi connectivity index (χ1v) is 9.60. The van der Waals surface area contributed by atoms with E-state index in [1.165, 1.54) is 0 Å². The molecule has 1 unspecified atom stereocenters. The van der Waals surface area contributed by atoms with E-state index >= 15 is 0 Å². The number of rotatable bonds is 10.